The predicted octanol–water partition coefficient (Wildman–Crippen LogP) is 1.27. The van der Waals surface area contributed by atoms with Crippen molar-refractivity contribution in [1.82, 2.24) is 0 Å². The maximum Gasteiger partial charge on any atom is 0.248 e. The van der Waals surface area contributed by atoms with E-state index in [1.54, 1.807) is 0 Å². The lowest BCUT2D eigenvalue weighted by atomic mass is 10.1. The van der Waals surface area contributed by atoms with E-state index in [9.17, 15) is 4.79 Å². The number of ether oxygens (including phenoxy) is 1. The highest BCUT2D eigenvalue weighted by molar-refractivity contribution is 14.1. The van der Waals surface area contributed by atoms with Crippen LogP contribution in [0.4, 0.5) is 0 Å². The maximum atomic E-state index is 10.9. The minimum Gasteiger partial charge on any atom is -0.496 e. The Kier molecular flexibility index (Phi) is 3.30. The average molecular weight is 302 g/mol. The fourth-order valence-corrected chi connectivity index (χ4v) is 1.62. The number of nitrogens with two attached hydrogens (primary N) is 1. The lowest BCUT2D eigenvalue weighted by molar-refractivity contribution is 0.1000. The molecule has 0 heterocycles. The van der Waals surface area contributed by atoms with E-state index in [2.05, 4.69) is 0 Å². The molecule has 2 N–H and O–H groups in total. The molecule has 0 atom stereocenters. The molecule has 0 radical (unpaired) electrons. The van der Waals surface area contributed by atoms with Gasteiger partial charge in [-0.05, 0) is 34.7 Å². The van der Waals surface area contributed by atoms with Crippen LogP contribution in [0.2, 0.25) is 0 Å². The van der Waals surface area contributed by atoms with Gasteiger partial charge in [0, 0.05) is 5.56 Å². The van der Waals surface area contributed by atoms with E-state index in [4.69, 9.17) is 15.7 Å². The van der Waals surface area contributed by atoms with Gasteiger partial charge in [-0.2, -0.15) is 5.26 Å². The van der Waals surface area contributed by atoms with Crippen molar-refractivity contribution >= 4 is 28.5 Å². The van der Waals surface area contributed by atoms with Crippen LogP contribution in [-0.4, -0.2) is 13.0 Å². The monoisotopic (exact) mass is 302 g/mol. The van der Waals surface area contributed by atoms with Gasteiger partial charge in [0.1, 0.15) is 11.8 Å². The number of rotatable bonds is 2. The highest BCUT2D eigenvalue weighted by Gasteiger charge is 2.11. The van der Waals surface area contributed by atoms with E-state index in [-0.39, 0.29) is 5.56 Å². The van der Waals surface area contributed by atoms with Crippen molar-refractivity contribution in [2.75, 3.05) is 7.11 Å². The number of nitriles is 1. The Balaban J connectivity index is 3.41. The third-order valence-corrected chi connectivity index (χ3v) is 2.78. The Hall–Kier alpha value is -1.29. The zero-order chi connectivity index (χ0) is 10.7. The molecule has 0 bridgehead atoms. The summed E-state index contributed by atoms with van der Waals surface area (Å²) in [4.78, 5) is 10.9. The summed E-state index contributed by atoms with van der Waals surface area (Å²) in [7, 11) is 1.48. The molecule has 72 valence electrons. The molecule has 0 aliphatic carbocycles. The fourth-order valence-electron chi connectivity index (χ4n) is 0.970. The molecule has 14 heavy (non-hydrogen) atoms. The van der Waals surface area contributed by atoms with Crippen molar-refractivity contribution in [3.63, 3.8) is 0 Å². The molecule has 1 amide bonds. The number of hydrogen-bond acceptors (Lipinski definition) is 3. The molecule has 5 heteroatoms. The maximum absolute atomic E-state index is 10.9. The zero-order valence-electron chi connectivity index (χ0n) is 7.37. The van der Waals surface area contributed by atoms with Gasteiger partial charge in [0.25, 0.3) is 0 Å². The van der Waals surface area contributed by atoms with Gasteiger partial charge in [-0.1, -0.05) is 0 Å². The Bertz CT molecular complexity index is 424. The molecular formula is C9H7IN2O2. The number of carbonyl (C=O) groups is 1. The second kappa shape index (κ2) is 4.28. The summed E-state index contributed by atoms with van der Waals surface area (Å²) in [6.07, 6.45) is 0. The first kappa shape index (κ1) is 10.8. The van der Waals surface area contributed by atoms with Crippen LogP contribution in [0.1, 0.15) is 15.9 Å². The van der Waals surface area contributed by atoms with Gasteiger partial charge >= 0.3 is 0 Å². The molecule has 0 aromatic heterocycles. The molecule has 0 spiro atoms. The molecule has 0 aliphatic heterocycles. The third-order valence-electron chi connectivity index (χ3n) is 1.66. The van der Waals surface area contributed by atoms with Gasteiger partial charge in [0.05, 0.1) is 16.2 Å². The molecular weight excluding hydrogens is 295 g/mol. The van der Waals surface area contributed by atoms with Crippen molar-refractivity contribution in [3.05, 3.63) is 26.8 Å². The van der Waals surface area contributed by atoms with E-state index in [0.29, 0.717) is 14.9 Å². The van der Waals surface area contributed by atoms with Gasteiger partial charge in [0.2, 0.25) is 5.91 Å². The molecule has 1 aromatic carbocycles. The summed E-state index contributed by atoms with van der Waals surface area (Å²) >= 11 is 1.98. The van der Waals surface area contributed by atoms with Gasteiger partial charge in [-0.15, -0.1) is 0 Å². The van der Waals surface area contributed by atoms with Crippen LogP contribution in [0, 0.1) is 14.9 Å². The molecule has 1 aromatic rings. The summed E-state index contributed by atoms with van der Waals surface area (Å²) in [6, 6.07) is 4.94. The minimum atomic E-state index is -0.573. The predicted molar refractivity (Wildman–Crippen MR) is 58.9 cm³/mol. The van der Waals surface area contributed by atoms with Gasteiger partial charge in [-0.25, -0.2) is 0 Å². The number of halogens is 1. The van der Waals surface area contributed by atoms with Crippen LogP contribution in [-0.2, 0) is 0 Å². The highest BCUT2D eigenvalue weighted by Crippen LogP contribution is 2.25. The summed E-state index contributed by atoms with van der Waals surface area (Å²) in [5.74, 6) is -0.0883. The second-order valence-electron chi connectivity index (χ2n) is 2.52. The zero-order valence-corrected chi connectivity index (χ0v) is 9.53. The van der Waals surface area contributed by atoms with Crippen molar-refractivity contribution < 1.29 is 9.53 Å². The van der Waals surface area contributed by atoms with Gasteiger partial charge in [0.15, 0.2) is 0 Å². The van der Waals surface area contributed by atoms with Crippen molar-refractivity contribution in [2.45, 2.75) is 0 Å². The van der Waals surface area contributed by atoms with Crippen LogP contribution in [0.3, 0.4) is 0 Å². The molecule has 0 aliphatic rings. The molecule has 4 nitrogen and oxygen atoms in total. The van der Waals surface area contributed by atoms with Gasteiger partial charge < -0.3 is 10.5 Å². The molecule has 1 rings (SSSR count). The van der Waals surface area contributed by atoms with Crippen LogP contribution in [0.25, 0.3) is 0 Å². The number of methoxy groups -OCH3 is 1. The van der Waals surface area contributed by atoms with E-state index in [1.165, 1.54) is 19.2 Å². The Morgan fingerprint density at radius 2 is 2.29 bits per heavy atom. The quantitative estimate of drug-likeness (QED) is 0.836. The normalized spacial score (nSPS) is 9.21. The van der Waals surface area contributed by atoms with E-state index in [0.717, 1.165) is 0 Å². The largest absolute Gasteiger partial charge is 0.496 e. The number of carbonyl (C=O) groups excluding carboxylic acids is 1. The number of benzene rings is 1. The van der Waals surface area contributed by atoms with Crippen LogP contribution >= 0.6 is 22.6 Å². The van der Waals surface area contributed by atoms with Crippen LogP contribution in [0.15, 0.2) is 12.1 Å². The van der Waals surface area contributed by atoms with Crippen molar-refractivity contribution in [2.24, 2.45) is 5.73 Å². The summed E-state index contributed by atoms with van der Waals surface area (Å²) in [5.41, 5.74) is 5.77. The number of primary amides is 1. The third kappa shape index (κ3) is 1.96. The number of amides is 1. The lowest BCUT2D eigenvalue weighted by Gasteiger charge is -2.06. The first-order valence-electron chi connectivity index (χ1n) is 3.67. The Labute approximate surface area is 94.8 Å². The molecule has 0 unspecified atom stereocenters. The SMILES string of the molecule is COc1cc(C(N)=O)cc(C#N)c1I. The van der Waals surface area contributed by atoms with Crippen LogP contribution < -0.4 is 10.5 Å². The smallest absolute Gasteiger partial charge is 0.248 e. The number of hydrogen-bond donors (Lipinski definition) is 1. The minimum absolute atomic E-state index is 0.277. The van der Waals surface area contributed by atoms with Crippen molar-refractivity contribution in [1.29, 1.82) is 5.26 Å². The van der Waals surface area contributed by atoms with Crippen LogP contribution in [0.5, 0.6) is 5.75 Å². The van der Waals surface area contributed by atoms with E-state index in [1.807, 2.05) is 28.7 Å². The second-order valence-corrected chi connectivity index (χ2v) is 3.59. The first-order valence-corrected chi connectivity index (χ1v) is 4.75. The summed E-state index contributed by atoms with van der Waals surface area (Å²) < 4.78 is 5.69. The Morgan fingerprint density at radius 3 is 2.71 bits per heavy atom. The lowest BCUT2D eigenvalue weighted by Crippen LogP contribution is -2.11. The standard InChI is InChI=1S/C9H7IN2O2/c1-14-7-3-5(9(12)13)2-6(4-11)8(7)10/h2-3H,1H3,(H2,12,13). The summed E-state index contributed by atoms with van der Waals surface area (Å²) in [5, 5.41) is 8.78. The Morgan fingerprint density at radius 1 is 1.64 bits per heavy atom. The molecule has 0 saturated heterocycles. The van der Waals surface area contributed by atoms with E-state index >= 15 is 0 Å². The average Bonchev–Trinajstić information content (AvgIpc) is 2.17. The van der Waals surface area contributed by atoms with Crippen molar-refractivity contribution in [3.8, 4) is 11.8 Å². The molecule has 0 fully saturated rings. The fraction of sp³-hybridized carbons (Fsp3) is 0.111. The number of nitrogens with zero attached hydrogens (tertiary/aromatic N) is 1. The molecule has 0 saturated carbocycles. The van der Waals surface area contributed by atoms with Gasteiger partial charge in [-0.3, -0.25) is 4.79 Å². The van der Waals surface area contributed by atoms with E-state index < -0.39 is 5.91 Å². The summed E-state index contributed by atoms with van der Waals surface area (Å²) in [6.45, 7) is 0. The topological polar surface area (TPSA) is 76.1 Å². The first-order chi connectivity index (χ1) is 6.60. The highest BCUT2D eigenvalue weighted by atomic mass is 127.